The molecule has 2 aromatic carbocycles. The Morgan fingerprint density at radius 3 is 2.30 bits per heavy atom. The molecule has 0 aromatic heterocycles. The first kappa shape index (κ1) is 33.9. The molecule has 13 nitrogen and oxygen atoms in total. The zero-order chi connectivity index (χ0) is 34.7. The summed E-state index contributed by atoms with van der Waals surface area (Å²) in [5, 5.41) is 23.1. The van der Waals surface area contributed by atoms with Crippen LogP contribution in [0.15, 0.2) is 35.2 Å². The number of benzene rings is 2. The monoisotopic (exact) mass is 664 g/mol. The summed E-state index contributed by atoms with van der Waals surface area (Å²) in [5.41, 5.74) is 4.16. The molecule has 3 aliphatic rings. The third kappa shape index (κ3) is 5.42. The predicted molar refractivity (Wildman–Crippen MR) is 169 cm³/mol. The lowest BCUT2D eigenvalue weighted by molar-refractivity contribution is -0.181. The van der Waals surface area contributed by atoms with E-state index in [9.17, 15) is 42.6 Å². The van der Waals surface area contributed by atoms with E-state index < -0.39 is 80.1 Å². The molecule has 0 radical (unpaired) electrons. The van der Waals surface area contributed by atoms with E-state index in [0.29, 0.717) is 11.3 Å². The summed E-state index contributed by atoms with van der Waals surface area (Å²) in [6, 6.07) is 6.60. The SMILES string of the molecule is Cc1ccc(S(=O)(=O)NCC#Cc2cc(N(C)C)c3c(c2O)C(=O)C2C(=O)[C@]4(O)C(=O)C(C(N)=O)C(=O)[C@@H](N(C)C)C4CC2C3)cc1. The van der Waals surface area contributed by atoms with Crippen molar-refractivity contribution in [2.24, 2.45) is 29.4 Å². The Bertz CT molecular complexity index is 1890. The summed E-state index contributed by atoms with van der Waals surface area (Å²) in [4.78, 5) is 70.4. The quantitative estimate of drug-likeness (QED) is 0.230. The predicted octanol–water partition coefficient (Wildman–Crippen LogP) is -0.429. The number of nitrogens with two attached hydrogens (primary N) is 1. The number of sulfonamides is 1. The molecule has 2 saturated carbocycles. The van der Waals surface area contributed by atoms with Crippen molar-refractivity contribution in [1.29, 1.82) is 0 Å². The highest BCUT2D eigenvalue weighted by atomic mass is 32.2. The molecule has 2 fully saturated rings. The molecule has 47 heavy (non-hydrogen) atoms. The van der Waals surface area contributed by atoms with Gasteiger partial charge in [-0.25, -0.2) is 8.42 Å². The van der Waals surface area contributed by atoms with E-state index in [-0.39, 0.29) is 35.4 Å². The van der Waals surface area contributed by atoms with Crippen molar-refractivity contribution in [3.05, 3.63) is 52.6 Å². The van der Waals surface area contributed by atoms with Crippen LogP contribution in [0.3, 0.4) is 0 Å². The van der Waals surface area contributed by atoms with E-state index in [0.717, 1.165) is 5.56 Å². The molecule has 14 heteroatoms. The third-order valence-electron chi connectivity index (χ3n) is 9.42. The number of phenols is 1. The number of aliphatic hydroxyl groups is 1. The largest absolute Gasteiger partial charge is 0.506 e. The van der Waals surface area contributed by atoms with Crippen molar-refractivity contribution in [2.75, 3.05) is 39.6 Å². The van der Waals surface area contributed by atoms with Gasteiger partial charge < -0.3 is 20.8 Å². The van der Waals surface area contributed by atoms with Gasteiger partial charge in [0.15, 0.2) is 34.7 Å². The number of nitrogens with one attached hydrogen (secondary N) is 1. The second-order valence-corrected chi connectivity index (χ2v) is 14.5. The van der Waals surface area contributed by atoms with Crippen LogP contribution in [-0.2, 0) is 35.6 Å². The molecule has 0 heterocycles. The Kier molecular flexibility index (Phi) is 8.65. The molecule has 5 N–H and O–H groups in total. The smallest absolute Gasteiger partial charge is 0.241 e. The van der Waals surface area contributed by atoms with E-state index in [1.165, 1.54) is 31.1 Å². The number of amides is 1. The lowest BCUT2D eigenvalue weighted by Crippen LogP contribution is -2.74. The number of nitrogens with zero attached hydrogens (tertiary/aromatic N) is 2. The highest BCUT2D eigenvalue weighted by molar-refractivity contribution is 7.89. The molecular weight excluding hydrogens is 628 g/mol. The van der Waals surface area contributed by atoms with Gasteiger partial charge in [0.05, 0.1) is 34.5 Å². The number of phenolic OH excluding ortho intramolecular Hbond substituents is 1. The Hall–Kier alpha value is -4.42. The fourth-order valence-electron chi connectivity index (χ4n) is 7.22. The van der Waals surface area contributed by atoms with Gasteiger partial charge in [-0.15, -0.1) is 0 Å². The standard InChI is InChI=1S/C33H36N4O9S/c1-16-8-10-19(11-9-16)47(45,46)35-12-6-7-17-15-22(36(2)3)20-13-18-14-21-26(37(4)5)29(40)25(32(34)43)31(42)33(21,44)30(41)23(18)28(39)24(20)27(17)38/h8-11,15,18,21,23,25-26,35,38,44H,12-14H2,1-5H3,(H2,34,43)/t18?,21?,23?,25?,26-,33-/m0/s1. The lowest BCUT2D eigenvalue weighted by atomic mass is 9.52. The van der Waals surface area contributed by atoms with Gasteiger partial charge in [-0.1, -0.05) is 29.5 Å². The van der Waals surface area contributed by atoms with Crippen molar-refractivity contribution in [2.45, 2.75) is 36.3 Å². The van der Waals surface area contributed by atoms with Gasteiger partial charge >= 0.3 is 0 Å². The second kappa shape index (κ2) is 12.0. The molecular formula is C33H36N4O9S. The fourth-order valence-corrected chi connectivity index (χ4v) is 8.14. The molecule has 2 aromatic rings. The zero-order valence-corrected chi connectivity index (χ0v) is 27.3. The minimum absolute atomic E-state index is 0.00515. The number of aryl methyl sites for hydroxylation is 1. The van der Waals surface area contributed by atoms with Crippen molar-refractivity contribution >= 4 is 44.8 Å². The summed E-state index contributed by atoms with van der Waals surface area (Å²) < 4.78 is 27.7. The zero-order valence-electron chi connectivity index (χ0n) is 26.5. The number of fused-ring (bicyclic) bond motifs is 3. The molecule has 3 aliphatic carbocycles. The van der Waals surface area contributed by atoms with Crippen LogP contribution in [0.1, 0.15) is 33.5 Å². The van der Waals surface area contributed by atoms with E-state index >= 15 is 0 Å². The fraction of sp³-hybridized carbons (Fsp3) is 0.424. The number of primary amides is 1. The van der Waals surface area contributed by atoms with E-state index in [4.69, 9.17) is 5.73 Å². The van der Waals surface area contributed by atoms with Crippen LogP contribution in [-0.4, -0.2) is 98.9 Å². The number of hydrogen-bond donors (Lipinski definition) is 4. The Labute approximate surface area is 272 Å². The number of rotatable bonds is 6. The maximum atomic E-state index is 14.1. The Balaban J connectivity index is 1.53. The highest BCUT2D eigenvalue weighted by Crippen LogP contribution is 2.52. The molecule has 1 amide bonds. The number of anilines is 1. The van der Waals surface area contributed by atoms with E-state index in [1.807, 2.05) is 6.92 Å². The molecule has 248 valence electrons. The van der Waals surface area contributed by atoms with Crippen molar-refractivity contribution in [3.63, 3.8) is 0 Å². The summed E-state index contributed by atoms with van der Waals surface area (Å²) in [7, 11) is 2.60. The summed E-state index contributed by atoms with van der Waals surface area (Å²) in [5.74, 6) is -6.18. The van der Waals surface area contributed by atoms with Gasteiger partial charge in [-0.3, -0.25) is 28.9 Å². The topological polar surface area (TPSA) is 204 Å². The van der Waals surface area contributed by atoms with Crippen LogP contribution in [0.4, 0.5) is 5.69 Å². The molecule has 4 unspecified atom stereocenters. The number of carbonyl (C=O) groups excluding carboxylic acids is 5. The first-order valence-electron chi connectivity index (χ1n) is 14.9. The number of ketones is 4. The van der Waals surface area contributed by atoms with Crippen LogP contribution < -0.4 is 15.4 Å². The number of likely N-dealkylation sites (N-methyl/N-ethyl adjacent to an activating group) is 1. The maximum absolute atomic E-state index is 14.1. The van der Waals surface area contributed by atoms with Crippen molar-refractivity contribution in [3.8, 4) is 17.6 Å². The number of carbonyl (C=O) groups is 5. The number of aromatic hydroxyl groups is 1. The molecule has 0 bridgehead atoms. The van der Waals surface area contributed by atoms with Crippen LogP contribution in [0.25, 0.3) is 0 Å². The average molecular weight is 665 g/mol. The first-order valence-corrected chi connectivity index (χ1v) is 16.4. The molecule has 6 atom stereocenters. The Morgan fingerprint density at radius 2 is 1.72 bits per heavy atom. The summed E-state index contributed by atoms with van der Waals surface area (Å²) in [6.45, 7) is 1.51. The van der Waals surface area contributed by atoms with Gasteiger partial charge in [-0.05, 0) is 63.5 Å². The molecule has 0 spiro atoms. The molecule has 5 rings (SSSR count). The first-order chi connectivity index (χ1) is 21.9. The van der Waals surface area contributed by atoms with Gasteiger partial charge in [-0.2, -0.15) is 4.72 Å². The second-order valence-electron chi connectivity index (χ2n) is 12.8. The van der Waals surface area contributed by atoms with E-state index in [1.54, 1.807) is 37.2 Å². The van der Waals surface area contributed by atoms with Crippen molar-refractivity contribution in [1.82, 2.24) is 9.62 Å². The Morgan fingerprint density at radius 1 is 1.09 bits per heavy atom. The summed E-state index contributed by atoms with van der Waals surface area (Å²) in [6.07, 6.45) is 0.0250. The van der Waals surface area contributed by atoms with Crippen LogP contribution in [0, 0.1) is 42.4 Å². The molecule has 0 saturated heterocycles. The number of hydrogen-bond acceptors (Lipinski definition) is 11. The average Bonchev–Trinajstić information content (AvgIpc) is 2.97. The van der Waals surface area contributed by atoms with Gasteiger partial charge in [0.2, 0.25) is 15.9 Å². The minimum atomic E-state index is -3.87. The number of Topliss-reactive ketones (excluding diaryl/α,β-unsaturated/α-hetero) is 4. The van der Waals surface area contributed by atoms with E-state index in [2.05, 4.69) is 16.6 Å². The van der Waals surface area contributed by atoms with Crippen LogP contribution in [0.5, 0.6) is 5.75 Å². The minimum Gasteiger partial charge on any atom is -0.506 e. The maximum Gasteiger partial charge on any atom is 0.241 e. The lowest BCUT2D eigenvalue weighted by Gasteiger charge is -2.52. The highest BCUT2D eigenvalue weighted by Gasteiger charge is 2.69. The normalized spacial score (nSPS) is 27.0. The molecule has 0 aliphatic heterocycles. The van der Waals surface area contributed by atoms with Gasteiger partial charge in [0, 0.05) is 25.7 Å². The third-order valence-corrected chi connectivity index (χ3v) is 10.8. The van der Waals surface area contributed by atoms with Crippen LogP contribution >= 0.6 is 0 Å². The van der Waals surface area contributed by atoms with Gasteiger partial charge in [0.1, 0.15) is 5.75 Å². The van der Waals surface area contributed by atoms with Crippen LogP contribution in [0.2, 0.25) is 0 Å². The van der Waals surface area contributed by atoms with Gasteiger partial charge in [0.25, 0.3) is 0 Å². The van der Waals surface area contributed by atoms with Crippen molar-refractivity contribution < 1.29 is 42.6 Å². The summed E-state index contributed by atoms with van der Waals surface area (Å²) >= 11 is 0.